The fourth-order valence-electron chi connectivity index (χ4n) is 2.56. The number of hydrogen-bond acceptors (Lipinski definition) is 3. The normalized spacial score (nSPS) is 23.4. The molecule has 1 aromatic rings. The summed E-state index contributed by atoms with van der Waals surface area (Å²) in [6.07, 6.45) is 0.848. The van der Waals surface area contributed by atoms with E-state index in [0.29, 0.717) is 24.0 Å². The fourth-order valence-corrected chi connectivity index (χ4v) is 3.42. The lowest BCUT2D eigenvalue weighted by molar-refractivity contribution is -0.139. The Morgan fingerprint density at radius 2 is 1.83 bits per heavy atom. The summed E-state index contributed by atoms with van der Waals surface area (Å²) < 4.78 is 30.9. The topological polar surface area (TPSA) is 91.7 Å². The van der Waals surface area contributed by atoms with Crippen molar-refractivity contribution in [1.29, 1.82) is 0 Å². The van der Waals surface area contributed by atoms with Gasteiger partial charge in [0.15, 0.2) is 0 Å². The molecule has 18 heavy (non-hydrogen) atoms. The molecule has 2 N–H and O–H groups in total. The Morgan fingerprint density at radius 1 is 1.22 bits per heavy atom. The van der Waals surface area contributed by atoms with Crippen LogP contribution in [-0.4, -0.2) is 29.8 Å². The maximum Gasteiger partial charge on any atom is 0.310 e. The molecule has 0 aromatic heterocycles. The van der Waals surface area contributed by atoms with Gasteiger partial charge in [0.05, 0.1) is 11.7 Å². The number of aliphatic carboxylic acids is 1. The number of carboxylic acid groups (broad SMARTS) is 1. The molecular formula is C12H14O5S. The molecule has 0 aliphatic heterocycles. The van der Waals surface area contributed by atoms with Gasteiger partial charge in [-0.05, 0) is 24.0 Å². The van der Waals surface area contributed by atoms with Gasteiger partial charge in [0.2, 0.25) is 0 Å². The first-order valence-electron chi connectivity index (χ1n) is 5.65. The van der Waals surface area contributed by atoms with E-state index in [9.17, 15) is 13.2 Å². The van der Waals surface area contributed by atoms with Gasteiger partial charge in [-0.25, -0.2) is 0 Å². The fraction of sp³-hybridized carbons (Fsp3) is 0.417. The molecule has 0 saturated carbocycles. The SMILES string of the molecule is O=C(O)C1CCC(CS(=O)(=O)O)c2ccccc21. The van der Waals surface area contributed by atoms with Crippen LogP contribution < -0.4 is 0 Å². The van der Waals surface area contributed by atoms with E-state index in [0.717, 1.165) is 0 Å². The summed E-state index contributed by atoms with van der Waals surface area (Å²) in [7, 11) is -4.05. The van der Waals surface area contributed by atoms with Crippen molar-refractivity contribution in [3.8, 4) is 0 Å². The highest BCUT2D eigenvalue weighted by Gasteiger charge is 2.32. The largest absolute Gasteiger partial charge is 0.481 e. The number of rotatable bonds is 3. The smallest absolute Gasteiger partial charge is 0.310 e. The number of fused-ring (bicyclic) bond motifs is 1. The Morgan fingerprint density at radius 3 is 2.39 bits per heavy atom. The molecule has 6 heteroatoms. The molecule has 0 bridgehead atoms. The van der Waals surface area contributed by atoms with Crippen molar-refractivity contribution in [3.05, 3.63) is 35.4 Å². The molecule has 0 heterocycles. The second kappa shape index (κ2) is 4.70. The monoisotopic (exact) mass is 270 g/mol. The van der Waals surface area contributed by atoms with Crippen molar-refractivity contribution in [2.75, 3.05) is 5.75 Å². The minimum absolute atomic E-state index is 0.327. The quantitative estimate of drug-likeness (QED) is 0.814. The van der Waals surface area contributed by atoms with Crippen molar-refractivity contribution in [2.45, 2.75) is 24.7 Å². The summed E-state index contributed by atoms with van der Waals surface area (Å²) in [6, 6.07) is 6.94. The van der Waals surface area contributed by atoms with Crippen molar-refractivity contribution in [2.24, 2.45) is 0 Å². The van der Waals surface area contributed by atoms with Gasteiger partial charge in [0.25, 0.3) is 10.1 Å². The highest BCUT2D eigenvalue weighted by molar-refractivity contribution is 7.85. The Bertz CT molecular complexity index is 564. The predicted molar refractivity (Wildman–Crippen MR) is 65.2 cm³/mol. The lowest BCUT2D eigenvalue weighted by Crippen LogP contribution is -2.24. The van der Waals surface area contributed by atoms with E-state index >= 15 is 0 Å². The first-order chi connectivity index (χ1) is 8.38. The minimum Gasteiger partial charge on any atom is -0.481 e. The zero-order valence-electron chi connectivity index (χ0n) is 9.61. The third-order valence-electron chi connectivity index (χ3n) is 3.32. The maximum absolute atomic E-state index is 11.1. The van der Waals surface area contributed by atoms with Gasteiger partial charge < -0.3 is 5.11 Å². The van der Waals surface area contributed by atoms with Crippen LogP contribution in [0, 0.1) is 0 Å². The summed E-state index contributed by atoms with van der Waals surface area (Å²) in [5.74, 6) is -2.16. The number of benzene rings is 1. The third-order valence-corrected chi connectivity index (χ3v) is 4.15. The first kappa shape index (κ1) is 13.0. The molecule has 0 fully saturated rings. The average Bonchev–Trinajstić information content (AvgIpc) is 2.27. The van der Waals surface area contributed by atoms with Crippen LogP contribution in [0.4, 0.5) is 0 Å². The summed E-state index contributed by atoms with van der Waals surface area (Å²) in [4.78, 5) is 11.1. The first-order valence-corrected chi connectivity index (χ1v) is 7.26. The van der Waals surface area contributed by atoms with E-state index in [-0.39, 0.29) is 11.7 Å². The van der Waals surface area contributed by atoms with E-state index in [4.69, 9.17) is 9.66 Å². The molecule has 1 aliphatic carbocycles. The van der Waals surface area contributed by atoms with Crippen molar-refractivity contribution < 1.29 is 22.9 Å². The Balaban J connectivity index is 2.39. The Labute approximate surface area is 105 Å². The second-order valence-electron chi connectivity index (χ2n) is 4.54. The van der Waals surface area contributed by atoms with E-state index in [1.807, 2.05) is 0 Å². The van der Waals surface area contributed by atoms with Crippen LogP contribution in [0.5, 0.6) is 0 Å². The van der Waals surface area contributed by atoms with Crippen LogP contribution in [0.15, 0.2) is 24.3 Å². The van der Waals surface area contributed by atoms with Crippen molar-refractivity contribution >= 4 is 16.1 Å². The van der Waals surface area contributed by atoms with E-state index in [1.165, 1.54) is 0 Å². The van der Waals surface area contributed by atoms with E-state index in [2.05, 4.69) is 0 Å². The molecular weight excluding hydrogens is 256 g/mol. The van der Waals surface area contributed by atoms with E-state index < -0.39 is 22.0 Å². The van der Waals surface area contributed by atoms with Gasteiger partial charge >= 0.3 is 5.97 Å². The van der Waals surface area contributed by atoms with Crippen LogP contribution >= 0.6 is 0 Å². The number of hydrogen-bond donors (Lipinski definition) is 2. The molecule has 2 unspecified atom stereocenters. The zero-order valence-corrected chi connectivity index (χ0v) is 10.4. The van der Waals surface area contributed by atoms with Crippen LogP contribution in [0.2, 0.25) is 0 Å². The number of carbonyl (C=O) groups is 1. The lowest BCUT2D eigenvalue weighted by Gasteiger charge is -2.28. The molecule has 0 amide bonds. The van der Waals surface area contributed by atoms with Crippen LogP contribution in [0.25, 0.3) is 0 Å². The molecule has 2 rings (SSSR count). The van der Waals surface area contributed by atoms with Gasteiger partial charge in [0.1, 0.15) is 0 Å². The van der Waals surface area contributed by atoms with Crippen LogP contribution in [0.1, 0.15) is 35.8 Å². The second-order valence-corrected chi connectivity index (χ2v) is 6.04. The summed E-state index contributed by atoms with van der Waals surface area (Å²) in [5.41, 5.74) is 1.37. The Kier molecular flexibility index (Phi) is 3.41. The number of carboxylic acids is 1. The van der Waals surface area contributed by atoms with Crippen molar-refractivity contribution in [1.82, 2.24) is 0 Å². The molecule has 1 aliphatic rings. The summed E-state index contributed by atoms with van der Waals surface area (Å²) in [5, 5.41) is 9.14. The molecule has 5 nitrogen and oxygen atoms in total. The molecule has 0 saturated heterocycles. The zero-order chi connectivity index (χ0) is 13.3. The van der Waals surface area contributed by atoms with Gasteiger partial charge in [-0.3, -0.25) is 9.35 Å². The predicted octanol–water partition coefficient (Wildman–Crippen LogP) is 1.62. The molecule has 98 valence electrons. The molecule has 0 radical (unpaired) electrons. The third kappa shape index (κ3) is 2.70. The lowest BCUT2D eigenvalue weighted by atomic mass is 9.77. The minimum atomic E-state index is -4.05. The van der Waals surface area contributed by atoms with Gasteiger partial charge in [-0.15, -0.1) is 0 Å². The molecule has 0 spiro atoms. The van der Waals surface area contributed by atoms with Crippen molar-refractivity contribution in [3.63, 3.8) is 0 Å². The standard InChI is InChI=1S/C12H14O5S/c13-12(14)11-6-5-8(7-18(15,16)17)9-3-1-2-4-10(9)11/h1-4,8,11H,5-7H2,(H,13,14)(H,15,16,17). The summed E-state index contributed by atoms with van der Waals surface area (Å²) >= 11 is 0. The molecule has 2 atom stereocenters. The van der Waals surface area contributed by atoms with Gasteiger partial charge in [-0.2, -0.15) is 8.42 Å². The van der Waals surface area contributed by atoms with E-state index in [1.54, 1.807) is 24.3 Å². The van der Waals surface area contributed by atoms with Gasteiger partial charge in [-0.1, -0.05) is 24.3 Å². The summed E-state index contributed by atoms with van der Waals surface area (Å²) in [6.45, 7) is 0. The highest BCUT2D eigenvalue weighted by Crippen LogP contribution is 2.39. The van der Waals surface area contributed by atoms with Crippen LogP contribution in [0.3, 0.4) is 0 Å². The Hall–Kier alpha value is -1.40. The maximum atomic E-state index is 11.1. The molecule has 1 aromatic carbocycles. The van der Waals surface area contributed by atoms with Gasteiger partial charge in [0, 0.05) is 5.92 Å². The average molecular weight is 270 g/mol. The highest BCUT2D eigenvalue weighted by atomic mass is 32.2. The van der Waals surface area contributed by atoms with Crippen LogP contribution in [-0.2, 0) is 14.9 Å².